The smallest absolute Gasteiger partial charge is 0.339 e. The van der Waals surface area contributed by atoms with E-state index >= 15 is 0 Å². The number of ether oxygens (including phenoxy) is 1. The number of hydrogen-bond acceptors (Lipinski definition) is 3. The van der Waals surface area contributed by atoms with Gasteiger partial charge < -0.3 is 4.74 Å². The number of carbonyl (C=O) groups excluding carboxylic acids is 1. The highest BCUT2D eigenvalue weighted by Gasteiger charge is 2.28. The van der Waals surface area contributed by atoms with Gasteiger partial charge in [0.1, 0.15) is 0 Å². The van der Waals surface area contributed by atoms with E-state index in [1.165, 1.54) is 7.11 Å². The van der Waals surface area contributed by atoms with Gasteiger partial charge >= 0.3 is 5.97 Å². The molecular formula is C20H18O3S. The first-order chi connectivity index (χ1) is 11.7. The average Bonchev–Trinajstić information content (AvgIpc) is 2.68. The largest absolute Gasteiger partial charge is 0.465 e. The molecule has 3 aromatic carbocycles. The minimum Gasteiger partial charge on any atom is -0.465 e. The minimum absolute atomic E-state index is 0.330. The van der Waals surface area contributed by atoms with Gasteiger partial charge in [-0.15, -0.1) is 0 Å². The lowest BCUT2D eigenvalue weighted by atomic mass is 10.2. The highest BCUT2D eigenvalue weighted by molar-refractivity contribution is 8.03. The molecule has 0 N–H and O–H groups in total. The van der Waals surface area contributed by atoms with Gasteiger partial charge in [0.25, 0.3) is 0 Å². The molecule has 24 heavy (non-hydrogen) atoms. The number of thiol groups is 1. The molecule has 0 atom stereocenters. The first-order valence-corrected chi connectivity index (χ1v) is 9.28. The summed E-state index contributed by atoms with van der Waals surface area (Å²) in [6, 6.07) is 25.4. The van der Waals surface area contributed by atoms with E-state index in [1.54, 1.807) is 24.3 Å². The van der Waals surface area contributed by atoms with Crippen molar-refractivity contribution in [1.29, 1.82) is 0 Å². The third kappa shape index (κ3) is 2.76. The molecule has 3 rings (SSSR count). The van der Waals surface area contributed by atoms with Crippen LogP contribution in [0.1, 0.15) is 10.4 Å². The van der Waals surface area contributed by atoms with E-state index < -0.39 is 15.9 Å². The van der Waals surface area contributed by atoms with Crippen LogP contribution in [0.5, 0.6) is 0 Å². The molecule has 0 spiro atoms. The van der Waals surface area contributed by atoms with Crippen molar-refractivity contribution < 1.29 is 13.7 Å². The summed E-state index contributed by atoms with van der Waals surface area (Å²) in [6.45, 7) is 0. The Hall–Kier alpha value is -2.72. The fourth-order valence-electron chi connectivity index (χ4n) is 2.73. The van der Waals surface area contributed by atoms with E-state index in [2.05, 4.69) is 0 Å². The third-order valence-corrected chi connectivity index (χ3v) is 7.01. The fraction of sp³-hybridized carbons (Fsp3) is 0.0500. The van der Waals surface area contributed by atoms with Crippen molar-refractivity contribution in [1.82, 2.24) is 0 Å². The predicted molar refractivity (Wildman–Crippen MR) is 95.0 cm³/mol. The maximum absolute atomic E-state index is 14.3. The van der Waals surface area contributed by atoms with Crippen molar-refractivity contribution >= 4 is 15.9 Å². The summed E-state index contributed by atoms with van der Waals surface area (Å²) in [4.78, 5) is 14.1. The predicted octanol–water partition coefficient (Wildman–Crippen LogP) is 3.97. The van der Waals surface area contributed by atoms with Crippen molar-refractivity contribution in [3.63, 3.8) is 0 Å². The van der Waals surface area contributed by atoms with Gasteiger partial charge in [-0.2, -0.15) is 0 Å². The van der Waals surface area contributed by atoms with E-state index in [1.807, 2.05) is 60.7 Å². The number of esters is 1. The van der Waals surface area contributed by atoms with Crippen LogP contribution in [0.15, 0.2) is 99.6 Å². The van der Waals surface area contributed by atoms with Crippen LogP contribution in [0.3, 0.4) is 0 Å². The Morgan fingerprint density at radius 2 is 1.21 bits per heavy atom. The zero-order valence-electron chi connectivity index (χ0n) is 13.3. The summed E-state index contributed by atoms with van der Waals surface area (Å²) in [6.07, 6.45) is 0. The molecule has 0 aliphatic rings. The molecule has 0 aliphatic heterocycles. The molecule has 122 valence electrons. The van der Waals surface area contributed by atoms with E-state index in [9.17, 15) is 9.00 Å². The molecule has 0 unspecified atom stereocenters. The Kier molecular flexibility index (Phi) is 4.58. The number of methoxy groups -OCH3 is 1. The molecule has 0 heterocycles. The molecule has 0 bridgehead atoms. The van der Waals surface area contributed by atoms with Gasteiger partial charge in [0.2, 0.25) is 0 Å². The second kappa shape index (κ2) is 6.81. The maximum atomic E-state index is 14.3. The molecule has 0 saturated carbocycles. The lowest BCUT2D eigenvalue weighted by Crippen LogP contribution is -2.18. The quantitative estimate of drug-likeness (QED) is 0.578. The van der Waals surface area contributed by atoms with Gasteiger partial charge in [0.15, 0.2) is 0 Å². The minimum atomic E-state index is -3.18. The first kappa shape index (κ1) is 16.1. The van der Waals surface area contributed by atoms with Gasteiger partial charge in [-0.3, -0.25) is 4.21 Å². The molecule has 3 aromatic rings. The average molecular weight is 338 g/mol. The maximum Gasteiger partial charge on any atom is 0.339 e. The van der Waals surface area contributed by atoms with Crippen LogP contribution >= 0.6 is 0 Å². The summed E-state index contributed by atoms with van der Waals surface area (Å²) in [5, 5.41) is 0. The zero-order valence-corrected chi connectivity index (χ0v) is 14.1. The van der Waals surface area contributed by atoms with Crippen LogP contribution in [0, 0.1) is 0 Å². The van der Waals surface area contributed by atoms with E-state index in [-0.39, 0.29) is 0 Å². The second-order valence-corrected chi connectivity index (χ2v) is 8.02. The lowest BCUT2D eigenvalue weighted by molar-refractivity contribution is 0.0596. The van der Waals surface area contributed by atoms with Gasteiger partial charge in [-0.05, 0) is 46.3 Å². The van der Waals surface area contributed by atoms with Crippen molar-refractivity contribution in [3.8, 4) is 0 Å². The summed E-state index contributed by atoms with van der Waals surface area (Å²) >= 11 is 0. The molecule has 0 aromatic heterocycles. The Labute approximate surface area is 142 Å². The summed E-state index contributed by atoms with van der Waals surface area (Å²) in [7, 11) is -1.85. The van der Waals surface area contributed by atoms with Crippen molar-refractivity contribution in [2.24, 2.45) is 0 Å². The molecule has 3 nitrogen and oxygen atoms in total. The summed E-state index contributed by atoms with van der Waals surface area (Å²) in [5.41, 5.74) is 0.330. The zero-order chi connectivity index (χ0) is 17.0. The second-order valence-electron chi connectivity index (χ2n) is 5.29. The fourth-order valence-corrected chi connectivity index (χ4v) is 5.57. The van der Waals surface area contributed by atoms with Crippen molar-refractivity contribution in [3.05, 3.63) is 90.5 Å². The van der Waals surface area contributed by atoms with Crippen LogP contribution in [0.25, 0.3) is 0 Å². The van der Waals surface area contributed by atoms with Crippen LogP contribution in [-0.4, -0.2) is 17.3 Å². The van der Waals surface area contributed by atoms with Crippen LogP contribution in [0.2, 0.25) is 0 Å². The Balaban J connectivity index is 2.33. The standard InChI is InChI=1S/C20H18O3S/c1-23-20(21)18-14-8-9-15-19(18)24(22,16-10-4-2-5-11-16)17-12-6-3-7-13-17/h2-15,24H,1H3. The van der Waals surface area contributed by atoms with E-state index in [0.29, 0.717) is 20.2 Å². The van der Waals surface area contributed by atoms with Gasteiger partial charge in [-0.25, -0.2) is 4.79 Å². The first-order valence-electron chi connectivity index (χ1n) is 7.57. The summed E-state index contributed by atoms with van der Waals surface area (Å²) < 4.78 is 19.1. The van der Waals surface area contributed by atoms with E-state index in [0.717, 1.165) is 0 Å². The van der Waals surface area contributed by atoms with Gasteiger partial charge in [0.05, 0.1) is 12.7 Å². The van der Waals surface area contributed by atoms with Crippen molar-refractivity contribution in [2.45, 2.75) is 14.7 Å². The number of benzene rings is 3. The Bertz CT molecular complexity index is 846. The Morgan fingerprint density at radius 3 is 1.71 bits per heavy atom. The molecule has 4 heteroatoms. The molecule has 0 saturated heterocycles. The van der Waals surface area contributed by atoms with Gasteiger partial charge in [-0.1, -0.05) is 48.5 Å². The SMILES string of the molecule is COC(=O)c1ccccc1[SH](=O)(c1ccccc1)c1ccccc1. The highest BCUT2D eigenvalue weighted by Crippen LogP contribution is 2.37. The lowest BCUT2D eigenvalue weighted by Gasteiger charge is -2.27. The molecule has 0 fully saturated rings. The molecule has 0 amide bonds. The van der Waals surface area contributed by atoms with E-state index in [4.69, 9.17) is 4.74 Å². The number of carbonyl (C=O) groups is 1. The highest BCUT2D eigenvalue weighted by atomic mass is 32.2. The molecular weight excluding hydrogens is 320 g/mol. The topological polar surface area (TPSA) is 43.4 Å². The number of hydrogen-bond donors (Lipinski definition) is 1. The monoisotopic (exact) mass is 338 g/mol. The molecule has 0 radical (unpaired) electrons. The van der Waals surface area contributed by atoms with Crippen LogP contribution < -0.4 is 0 Å². The Morgan fingerprint density at radius 1 is 0.750 bits per heavy atom. The normalized spacial score (nSPS) is 11.7. The summed E-state index contributed by atoms with van der Waals surface area (Å²) in [5.74, 6) is -0.488. The van der Waals surface area contributed by atoms with Crippen LogP contribution in [0.4, 0.5) is 0 Å². The van der Waals surface area contributed by atoms with Gasteiger partial charge in [0, 0.05) is 14.7 Å². The molecule has 0 aliphatic carbocycles. The van der Waals surface area contributed by atoms with Crippen LogP contribution in [-0.2, 0) is 14.7 Å². The van der Waals surface area contributed by atoms with Crippen molar-refractivity contribution in [2.75, 3.05) is 7.11 Å². The number of rotatable bonds is 4. The third-order valence-electron chi connectivity index (χ3n) is 3.89.